The third kappa shape index (κ3) is 8.08. The minimum absolute atomic E-state index is 0.0175. The van der Waals surface area contributed by atoms with E-state index in [0.717, 1.165) is 6.42 Å². The summed E-state index contributed by atoms with van der Waals surface area (Å²) >= 11 is 0.328. The van der Waals surface area contributed by atoms with E-state index in [1.54, 1.807) is 0 Å². The third-order valence-corrected chi connectivity index (χ3v) is 7.52. The van der Waals surface area contributed by atoms with E-state index in [9.17, 15) is 0 Å². The molecule has 4 heteroatoms. The molecule has 1 aliphatic heterocycles. The van der Waals surface area contributed by atoms with Gasteiger partial charge in [0.25, 0.3) is 0 Å². The Kier molecular flexibility index (Phi) is 9.98. The number of benzene rings is 2. The van der Waals surface area contributed by atoms with Crippen molar-refractivity contribution < 1.29 is 14.2 Å². The summed E-state index contributed by atoms with van der Waals surface area (Å²) in [5.74, 6) is 0. The van der Waals surface area contributed by atoms with Gasteiger partial charge in [-0.25, -0.2) is 0 Å². The first-order valence-corrected chi connectivity index (χ1v) is 12.4. The van der Waals surface area contributed by atoms with Gasteiger partial charge in [-0.3, -0.25) is 0 Å². The second kappa shape index (κ2) is 13.0. The van der Waals surface area contributed by atoms with Crippen LogP contribution in [0.25, 0.3) is 0 Å². The van der Waals surface area contributed by atoms with E-state index in [4.69, 9.17) is 14.2 Å². The summed E-state index contributed by atoms with van der Waals surface area (Å²) in [6.45, 7) is 4.66. The van der Waals surface area contributed by atoms with Crippen molar-refractivity contribution in [2.45, 2.75) is 49.8 Å². The second-order valence-electron chi connectivity index (χ2n) is 7.29. The molecule has 3 rings (SSSR count). The molecule has 2 aromatic rings. The van der Waals surface area contributed by atoms with Crippen molar-refractivity contribution in [1.29, 1.82) is 0 Å². The molecular formula is C25H32O3Se. The van der Waals surface area contributed by atoms with Crippen molar-refractivity contribution >= 4 is 19.4 Å². The summed E-state index contributed by atoms with van der Waals surface area (Å²) in [6.07, 6.45) is 8.45. The Morgan fingerprint density at radius 3 is 2.48 bits per heavy atom. The molecule has 0 aliphatic carbocycles. The Morgan fingerprint density at radius 2 is 1.79 bits per heavy atom. The predicted octanol–water partition coefficient (Wildman–Crippen LogP) is 4.55. The molecule has 29 heavy (non-hydrogen) atoms. The molecule has 0 bridgehead atoms. The first kappa shape index (κ1) is 22.3. The molecule has 0 spiro atoms. The number of hydrogen-bond donors (Lipinski definition) is 0. The summed E-state index contributed by atoms with van der Waals surface area (Å²) in [6, 6.07) is 21.0. The van der Waals surface area contributed by atoms with Gasteiger partial charge in [0.05, 0.1) is 0 Å². The number of ether oxygens (including phenoxy) is 3. The zero-order valence-electron chi connectivity index (χ0n) is 17.2. The molecule has 0 radical (unpaired) electrons. The molecule has 0 amide bonds. The maximum absolute atomic E-state index is 6.24. The number of hydrogen-bond acceptors (Lipinski definition) is 3. The fourth-order valence-electron chi connectivity index (χ4n) is 3.17. The summed E-state index contributed by atoms with van der Waals surface area (Å²) < 4.78 is 19.6. The van der Waals surface area contributed by atoms with Crippen molar-refractivity contribution in [2.24, 2.45) is 0 Å². The van der Waals surface area contributed by atoms with Gasteiger partial charge in [0, 0.05) is 0 Å². The average Bonchev–Trinajstić information content (AvgIpc) is 2.78. The second-order valence-corrected chi connectivity index (χ2v) is 9.92. The van der Waals surface area contributed by atoms with Crippen LogP contribution in [0.2, 0.25) is 4.82 Å². The van der Waals surface area contributed by atoms with Crippen molar-refractivity contribution in [2.75, 3.05) is 19.8 Å². The third-order valence-electron chi connectivity index (χ3n) is 4.84. The van der Waals surface area contributed by atoms with Crippen LogP contribution >= 0.6 is 0 Å². The monoisotopic (exact) mass is 460 g/mol. The molecule has 1 heterocycles. The van der Waals surface area contributed by atoms with E-state index < -0.39 is 0 Å². The van der Waals surface area contributed by atoms with Crippen LogP contribution in [0.5, 0.6) is 0 Å². The zero-order chi connectivity index (χ0) is 20.2. The van der Waals surface area contributed by atoms with Crippen LogP contribution in [0.1, 0.15) is 31.7 Å². The Balaban J connectivity index is 1.47. The number of allylic oxidation sites excluding steroid dienone is 1. The van der Waals surface area contributed by atoms with Crippen molar-refractivity contribution in [3.63, 3.8) is 0 Å². The van der Waals surface area contributed by atoms with Crippen LogP contribution in [0.4, 0.5) is 0 Å². The predicted molar refractivity (Wildman–Crippen MR) is 120 cm³/mol. The minimum atomic E-state index is 0.0175. The molecule has 3 atom stereocenters. The van der Waals surface area contributed by atoms with E-state index in [0.29, 0.717) is 46.2 Å². The van der Waals surface area contributed by atoms with Gasteiger partial charge < -0.3 is 0 Å². The van der Waals surface area contributed by atoms with E-state index in [-0.39, 0.29) is 12.2 Å². The summed E-state index contributed by atoms with van der Waals surface area (Å²) in [5, 5.41) is 0. The summed E-state index contributed by atoms with van der Waals surface area (Å²) in [7, 11) is 0. The van der Waals surface area contributed by atoms with Gasteiger partial charge in [-0.2, -0.15) is 0 Å². The average molecular weight is 459 g/mol. The van der Waals surface area contributed by atoms with Crippen molar-refractivity contribution in [3.05, 3.63) is 78.4 Å². The van der Waals surface area contributed by atoms with E-state index in [1.807, 2.05) is 18.2 Å². The molecule has 2 aromatic carbocycles. The topological polar surface area (TPSA) is 27.7 Å². The Hall–Kier alpha value is -1.42. The number of unbranched alkanes of at least 4 members (excludes halogenated alkanes) is 2. The Labute approximate surface area is 181 Å². The van der Waals surface area contributed by atoms with Gasteiger partial charge in [0.2, 0.25) is 0 Å². The van der Waals surface area contributed by atoms with Gasteiger partial charge in [0.1, 0.15) is 0 Å². The van der Waals surface area contributed by atoms with Crippen LogP contribution < -0.4 is 4.46 Å². The first-order chi connectivity index (χ1) is 14.3. The molecule has 3 nitrogen and oxygen atoms in total. The van der Waals surface area contributed by atoms with Crippen LogP contribution in [0, 0.1) is 0 Å². The standard InChI is InChI=1S/C25H32O3Se/c1-2-3-4-11-16-25(29-23-14-9-6-10-15-23)24-20-27-22(19-28-24)18-26-17-21-12-7-5-8-13-21/h5-16,22,24-25H,2-4,17-20H2,1H3/b16-11+/t22?,24-,25+/m0/s1. The molecule has 0 aromatic heterocycles. The quantitative estimate of drug-likeness (QED) is 0.280. The molecule has 0 N–H and O–H groups in total. The molecule has 1 aliphatic rings. The SMILES string of the molecule is CCCC/C=C/[C@@H]([Se]c1ccccc1)[C@@H]1COC(COCc2ccccc2)CO1. The zero-order valence-corrected chi connectivity index (χ0v) is 19.0. The Bertz CT molecular complexity index is 697. The fourth-order valence-corrected chi connectivity index (χ4v) is 5.54. The van der Waals surface area contributed by atoms with Crippen LogP contribution in [0.15, 0.2) is 72.8 Å². The molecular weight excluding hydrogens is 427 g/mol. The summed E-state index contributed by atoms with van der Waals surface area (Å²) in [5.41, 5.74) is 1.19. The van der Waals surface area contributed by atoms with Gasteiger partial charge in [-0.05, 0) is 0 Å². The van der Waals surface area contributed by atoms with E-state index in [2.05, 4.69) is 61.5 Å². The fraction of sp³-hybridized carbons (Fsp3) is 0.440. The molecule has 1 fully saturated rings. The van der Waals surface area contributed by atoms with Gasteiger partial charge in [-0.15, -0.1) is 0 Å². The normalized spacial score (nSPS) is 20.7. The maximum atomic E-state index is 6.24. The van der Waals surface area contributed by atoms with Gasteiger partial charge in [-0.1, -0.05) is 0 Å². The Morgan fingerprint density at radius 1 is 1.03 bits per heavy atom. The van der Waals surface area contributed by atoms with Crippen molar-refractivity contribution in [3.8, 4) is 0 Å². The van der Waals surface area contributed by atoms with Crippen LogP contribution in [-0.2, 0) is 20.8 Å². The molecule has 1 unspecified atom stereocenters. The van der Waals surface area contributed by atoms with Gasteiger partial charge >= 0.3 is 182 Å². The number of rotatable bonds is 11. The summed E-state index contributed by atoms with van der Waals surface area (Å²) in [4.78, 5) is 0.396. The molecule has 156 valence electrons. The van der Waals surface area contributed by atoms with E-state index in [1.165, 1.54) is 22.9 Å². The molecule has 0 saturated carbocycles. The van der Waals surface area contributed by atoms with Crippen molar-refractivity contribution in [1.82, 2.24) is 0 Å². The molecule has 1 saturated heterocycles. The van der Waals surface area contributed by atoms with Gasteiger partial charge in [0.15, 0.2) is 0 Å². The van der Waals surface area contributed by atoms with E-state index >= 15 is 0 Å². The van der Waals surface area contributed by atoms with Crippen LogP contribution in [-0.4, -0.2) is 47.0 Å². The van der Waals surface area contributed by atoms with Crippen LogP contribution in [0.3, 0.4) is 0 Å². The first-order valence-electron chi connectivity index (χ1n) is 10.6.